The number of hydrogen-bond acceptors (Lipinski definition) is 5. The SMILES string of the molecule is COc1ccc(C(=O)NC(=S)Nc2cccc(NC(=O)c3ccc(Cl)cc3Cl)c2)c(OC)c1. The van der Waals surface area contributed by atoms with Gasteiger partial charge in [0.05, 0.1) is 30.4 Å². The normalized spacial score (nSPS) is 10.2. The summed E-state index contributed by atoms with van der Waals surface area (Å²) < 4.78 is 10.4. The molecule has 2 amide bonds. The maximum absolute atomic E-state index is 12.6. The van der Waals surface area contributed by atoms with Crippen LogP contribution in [0.25, 0.3) is 0 Å². The van der Waals surface area contributed by atoms with Crippen molar-refractivity contribution >= 4 is 63.7 Å². The predicted molar refractivity (Wildman–Crippen MR) is 134 cm³/mol. The van der Waals surface area contributed by atoms with Crippen molar-refractivity contribution in [1.82, 2.24) is 5.32 Å². The van der Waals surface area contributed by atoms with Gasteiger partial charge < -0.3 is 20.1 Å². The summed E-state index contributed by atoms with van der Waals surface area (Å²) in [6, 6.07) is 16.3. The number of anilines is 2. The second-order valence-electron chi connectivity index (χ2n) is 6.63. The van der Waals surface area contributed by atoms with Crippen LogP contribution in [0.3, 0.4) is 0 Å². The highest BCUT2D eigenvalue weighted by Crippen LogP contribution is 2.25. The summed E-state index contributed by atoms with van der Waals surface area (Å²) in [5.41, 5.74) is 1.64. The zero-order valence-electron chi connectivity index (χ0n) is 17.6. The first-order chi connectivity index (χ1) is 15.8. The van der Waals surface area contributed by atoms with Gasteiger partial charge in [-0.2, -0.15) is 0 Å². The number of carbonyl (C=O) groups is 2. The third-order valence-electron chi connectivity index (χ3n) is 4.43. The van der Waals surface area contributed by atoms with Crippen molar-refractivity contribution in [3.8, 4) is 11.5 Å². The molecule has 170 valence electrons. The second-order valence-corrected chi connectivity index (χ2v) is 7.89. The molecule has 0 atom stereocenters. The van der Waals surface area contributed by atoms with E-state index in [0.717, 1.165) is 0 Å². The highest BCUT2D eigenvalue weighted by atomic mass is 35.5. The third-order valence-corrected chi connectivity index (χ3v) is 5.19. The Hall–Kier alpha value is -3.33. The van der Waals surface area contributed by atoms with Crippen molar-refractivity contribution in [2.45, 2.75) is 0 Å². The number of nitrogens with one attached hydrogen (secondary N) is 3. The van der Waals surface area contributed by atoms with Crippen LogP contribution in [0.15, 0.2) is 60.7 Å². The van der Waals surface area contributed by atoms with Crippen LogP contribution < -0.4 is 25.4 Å². The molecule has 3 aromatic carbocycles. The number of hydrogen-bond donors (Lipinski definition) is 3. The van der Waals surface area contributed by atoms with E-state index in [1.54, 1.807) is 54.6 Å². The smallest absolute Gasteiger partial charge is 0.261 e. The van der Waals surface area contributed by atoms with Crippen molar-refractivity contribution in [3.05, 3.63) is 81.8 Å². The highest BCUT2D eigenvalue weighted by Gasteiger charge is 2.15. The lowest BCUT2D eigenvalue weighted by Crippen LogP contribution is -2.34. The number of carbonyl (C=O) groups excluding carboxylic acids is 2. The quantitative estimate of drug-likeness (QED) is 0.390. The molecule has 0 aliphatic carbocycles. The van der Waals surface area contributed by atoms with E-state index >= 15 is 0 Å². The van der Waals surface area contributed by atoms with E-state index in [9.17, 15) is 9.59 Å². The third kappa shape index (κ3) is 6.35. The first-order valence-corrected chi connectivity index (χ1v) is 10.7. The van der Waals surface area contributed by atoms with Gasteiger partial charge in [-0.15, -0.1) is 0 Å². The minimum atomic E-state index is -0.450. The molecule has 3 rings (SSSR count). The molecule has 3 N–H and O–H groups in total. The van der Waals surface area contributed by atoms with Gasteiger partial charge in [0, 0.05) is 22.5 Å². The molecule has 7 nitrogen and oxygen atoms in total. The molecule has 0 saturated carbocycles. The fraction of sp³-hybridized carbons (Fsp3) is 0.0870. The average molecular weight is 504 g/mol. The minimum Gasteiger partial charge on any atom is -0.497 e. The Morgan fingerprint density at radius 3 is 2.18 bits per heavy atom. The Labute approximate surface area is 206 Å². The molecular weight excluding hydrogens is 485 g/mol. The summed E-state index contributed by atoms with van der Waals surface area (Å²) in [6.07, 6.45) is 0. The number of thiocarbonyl (C=S) groups is 1. The van der Waals surface area contributed by atoms with Crippen LogP contribution in [-0.4, -0.2) is 31.1 Å². The zero-order chi connectivity index (χ0) is 24.0. The Balaban J connectivity index is 1.66. The molecule has 0 spiro atoms. The second kappa shape index (κ2) is 11.0. The summed E-state index contributed by atoms with van der Waals surface area (Å²) in [7, 11) is 2.98. The van der Waals surface area contributed by atoms with E-state index in [0.29, 0.717) is 33.5 Å². The van der Waals surface area contributed by atoms with Gasteiger partial charge in [-0.1, -0.05) is 29.3 Å². The molecule has 0 aromatic heterocycles. The molecular formula is C23H19Cl2N3O4S. The van der Waals surface area contributed by atoms with Crippen LogP contribution in [-0.2, 0) is 0 Å². The summed E-state index contributed by atoms with van der Waals surface area (Å²) in [5, 5.41) is 9.02. The Bertz CT molecular complexity index is 1220. The molecule has 0 fully saturated rings. The van der Waals surface area contributed by atoms with Crippen LogP contribution in [0.2, 0.25) is 10.0 Å². The Kier molecular flexibility index (Phi) is 8.11. The number of rotatable bonds is 6. The van der Waals surface area contributed by atoms with Gasteiger partial charge in [0.15, 0.2) is 5.11 Å². The molecule has 33 heavy (non-hydrogen) atoms. The summed E-state index contributed by atoms with van der Waals surface area (Å²) in [6.45, 7) is 0. The highest BCUT2D eigenvalue weighted by molar-refractivity contribution is 7.80. The largest absolute Gasteiger partial charge is 0.497 e. The van der Waals surface area contributed by atoms with E-state index in [4.69, 9.17) is 44.9 Å². The number of amides is 2. The number of benzene rings is 3. The maximum atomic E-state index is 12.6. The standard InChI is InChI=1S/C23H19Cl2N3O4S/c1-31-16-7-9-18(20(12-16)32-2)22(30)28-23(33)27-15-5-3-4-14(11-15)26-21(29)17-8-6-13(24)10-19(17)25/h3-12H,1-2H3,(H,26,29)(H2,27,28,30,33). The minimum absolute atomic E-state index is 0.0714. The van der Waals surface area contributed by atoms with Crippen molar-refractivity contribution in [2.24, 2.45) is 0 Å². The Morgan fingerprint density at radius 1 is 0.818 bits per heavy atom. The average Bonchev–Trinajstić information content (AvgIpc) is 2.78. The predicted octanol–water partition coefficient (Wildman–Crippen LogP) is 5.39. The van der Waals surface area contributed by atoms with Gasteiger partial charge >= 0.3 is 0 Å². The zero-order valence-corrected chi connectivity index (χ0v) is 19.9. The van der Waals surface area contributed by atoms with Gasteiger partial charge in [0.2, 0.25) is 0 Å². The van der Waals surface area contributed by atoms with Crippen LogP contribution in [0.5, 0.6) is 11.5 Å². The van der Waals surface area contributed by atoms with Gasteiger partial charge in [-0.05, 0) is 60.7 Å². The van der Waals surface area contributed by atoms with Crippen molar-refractivity contribution in [3.63, 3.8) is 0 Å². The van der Waals surface area contributed by atoms with E-state index in [-0.39, 0.29) is 15.7 Å². The van der Waals surface area contributed by atoms with Crippen LogP contribution in [0.1, 0.15) is 20.7 Å². The lowest BCUT2D eigenvalue weighted by atomic mass is 10.2. The van der Waals surface area contributed by atoms with E-state index in [2.05, 4.69) is 16.0 Å². The lowest BCUT2D eigenvalue weighted by Gasteiger charge is -2.13. The summed E-state index contributed by atoms with van der Waals surface area (Å²) in [4.78, 5) is 25.1. The lowest BCUT2D eigenvalue weighted by molar-refractivity contribution is 0.0973. The molecule has 0 heterocycles. The molecule has 0 saturated heterocycles. The topological polar surface area (TPSA) is 88.7 Å². The van der Waals surface area contributed by atoms with Crippen LogP contribution in [0.4, 0.5) is 11.4 Å². The van der Waals surface area contributed by atoms with Crippen molar-refractivity contribution in [2.75, 3.05) is 24.9 Å². The van der Waals surface area contributed by atoms with E-state index in [1.807, 2.05) is 0 Å². The van der Waals surface area contributed by atoms with Gasteiger partial charge in [0.1, 0.15) is 11.5 Å². The maximum Gasteiger partial charge on any atom is 0.261 e. The van der Waals surface area contributed by atoms with Crippen LogP contribution >= 0.6 is 35.4 Å². The molecule has 0 aliphatic rings. The monoisotopic (exact) mass is 503 g/mol. The van der Waals surface area contributed by atoms with E-state index < -0.39 is 11.8 Å². The summed E-state index contributed by atoms with van der Waals surface area (Å²) >= 11 is 17.2. The van der Waals surface area contributed by atoms with Gasteiger partial charge in [0.25, 0.3) is 11.8 Å². The Morgan fingerprint density at radius 2 is 1.52 bits per heavy atom. The number of halogens is 2. The van der Waals surface area contributed by atoms with Gasteiger partial charge in [-0.3, -0.25) is 14.9 Å². The summed E-state index contributed by atoms with van der Waals surface area (Å²) in [5.74, 6) is 0.0632. The first kappa shape index (κ1) is 24.3. The molecule has 0 unspecified atom stereocenters. The van der Waals surface area contributed by atoms with E-state index in [1.165, 1.54) is 20.3 Å². The molecule has 0 aliphatic heterocycles. The fourth-order valence-electron chi connectivity index (χ4n) is 2.87. The fourth-order valence-corrected chi connectivity index (χ4v) is 3.57. The number of methoxy groups -OCH3 is 2. The van der Waals surface area contributed by atoms with Crippen LogP contribution in [0, 0.1) is 0 Å². The van der Waals surface area contributed by atoms with Gasteiger partial charge in [-0.25, -0.2) is 0 Å². The van der Waals surface area contributed by atoms with Crippen molar-refractivity contribution in [1.29, 1.82) is 0 Å². The number of ether oxygens (including phenoxy) is 2. The molecule has 3 aromatic rings. The van der Waals surface area contributed by atoms with Crippen molar-refractivity contribution < 1.29 is 19.1 Å². The molecule has 0 bridgehead atoms. The molecule has 0 radical (unpaired) electrons. The molecule has 10 heteroatoms. The first-order valence-electron chi connectivity index (χ1n) is 9.51.